The number of aliphatic hydroxyl groups is 1. The number of nitrogens with zero attached hydrogens (tertiary/aromatic N) is 1. The van der Waals surface area contributed by atoms with E-state index in [0.717, 1.165) is 18.7 Å². The zero-order chi connectivity index (χ0) is 12.5. The highest BCUT2D eigenvalue weighted by atomic mass is 35.5. The molecule has 94 valence electrons. The lowest BCUT2D eigenvalue weighted by Crippen LogP contribution is -2.44. The minimum absolute atomic E-state index is 0.133. The van der Waals surface area contributed by atoms with Gasteiger partial charge >= 0.3 is 0 Å². The number of aliphatic hydroxyl groups excluding tert-OH is 1. The van der Waals surface area contributed by atoms with Crippen molar-refractivity contribution in [1.82, 2.24) is 4.90 Å². The SMILES string of the molecule is CC1CC(CO)(Nc2cccc(Cl)c2)CN1C. The van der Waals surface area contributed by atoms with Gasteiger partial charge in [0.25, 0.3) is 0 Å². The first-order valence-electron chi connectivity index (χ1n) is 5.89. The maximum Gasteiger partial charge on any atom is 0.0745 e. The third-order valence-electron chi connectivity index (χ3n) is 3.53. The van der Waals surface area contributed by atoms with Crippen molar-refractivity contribution in [3.05, 3.63) is 29.3 Å². The molecule has 17 heavy (non-hydrogen) atoms. The van der Waals surface area contributed by atoms with Gasteiger partial charge in [0.2, 0.25) is 0 Å². The Kier molecular flexibility index (Phi) is 3.61. The minimum Gasteiger partial charge on any atom is -0.394 e. The molecule has 1 fully saturated rings. The molecule has 1 aliphatic rings. The smallest absolute Gasteiger partial charge is 0.0745 e. The van der Waals surface area contributed by atoms with Crippen LogP contribution in [-0.4, -0.2) is 41.8 Å². The summed E-state index contributed by atoms with van der Waals surface area (Å²) >= 11 is 5.96. The number of hydrogen-bond acceptors (Lipinski definition) is 3. The van der Waals surface area contributed by atoms with Crippen LogP contribution in [0.1, 0.15) is 13.3 Å². The molecule has 0 radical (unpaired) electrons. The molecule has 1 aromatic carbocycles. The second kappa shape index (κ2) is 4.84. The summed E-state index contributed by atoms with van der Waals surface area (Å²) < 4.78 is 0. The zero-order valence-corrected chi connectivity index (χ0v) is 11.0. The normalized spacial score (nSPS) is 29.5. The number of likely N-dealkylation sites (tertiary alicyclic amines) is 1. The molecule has 0 amide bonds. The Morgan fingerprint density at radius 2 is 2.35 bits per heavy atom. The highest BCUT2D eigenvalue weighted by Gasteiger charge is 2.40. The first-order valence-corrected chi connectivity index (χ1v) is 6.27. The molecule has 4 heteroatoms. The molecule has 1 aliphatic heterocycles. The first-order chi connectivity index (χ1) is 8.04. The molecule has 2 unspecified atom stereocenters. The van der Waals surface area contributed by atoms with Crippen LogP contribution < -0.4 is 5.32 Å². The molecule has 0 aromatic heterocycles. The second-order valence-electron chi connectivity index (χ2n) is 5.04. The van der Waals surface area contributed by atoms with E-state index in [2.05, 4.69) is 24.2 Å². The summed E-state index contributed by atoms with van der Waals surface area (Å²) in [5.74, 6) is 0. The summed E-state index contributed by atoms with van der Waals surface area (Å²) in [7, 11) is 2.09. The Morgan fingerprint density at radius 1 is 1.59 bits per heavy atom. The lowest BCUT2D eigenvalue weighted by molar-refractivity contribution is 0.212. The van der Waals surface area contributed by atoms with E-state index in [0.29, 0.717) is 11.1 Å². The summed E-state index contributed by atoms with van der Waals surface area (Å²) in [5.41, 5.74) is 0.716. The number of halogens is 1. The Labute approximate surface area is 107 Å². The summed E-state index contributed by atoms with van der Waals surface area (Å²) in [6.07, 6.45) is 0.937. The lowest BCUT2D eigenvalue weighted by Gasteiger charge is -2.29. The molecule has 1 aromatic rings. The van der Waals surface area contributed by atoms with Crippen LogP contribution in [0.5, 0.6) is 0 Å². The quantitative estimate of drug-likeness (QED) is 0.868. The molecule has 2 rings (SSSR count). The Morgan fingerprint density at radius 3 is 2.88 bits per heavy atom. The predicted molar refractivity (Wildman–Crippen MR) is 71.6 cm³/mol. The summed E-state index contributed by atoms with van der Waals surface area (Å²) in [4.78, 5) is 2.26. The van der Waals surface area contributed by atoms with Gasteiger partial charge in [0.1, 0.15) is 0 Å². The van der Waals surface area contributed by atoms with Crippen molar-refractivity contribution < 1.29 is 5.11 Å². The summed E-state index contributed by atoms with van der Waals surface area (Å²) in [5, 5.41) is 13.8. The molecule has 1 heterocycles. The van der Waals surface area contributed by atoms with Gasteiger partial charge in [-0.25, -0.2) is 0 Å². The maximum atomic E-state index is 9.66. The third-order valence-corrected chi connectivity index (χ3v) is 3.76. The average Bonchev–Trinajstić information content (AvgIpc) is 2.55. The van der Waals surface area contributed by atoms with E-state index in [1.807, 2.05) is 24.3 Å². The van der Waals surface area contributed by atoms with Crippen molar-refractivity contribution in [2.75, 3.05) is 25.5 Å². The van der Waals surface area contributed by atoms with E-state index in [4.69, 9.17) is 11.6 Å². The molecular formula is C13H19ClN2O. The molecule has 1 saturated heterocycles. The maximum absolute atomic E-state index is 9.66. The second-order valence-corrected chi connectivity index (χ2v) is 5.48. The molecule has 0 spiro atoms. The molecule has 0 bridgehead atoms. The van der Waals surface area contributed by atoms with E-state index in [1.54, 1.807) is 0 Å². The number of hydrogen-bond donors (Lipinski definition) is 2. The van der Waals surface area contributed by atoms with Crippen molar-refractivity contribution >= 4 is 17.3 Å². The van der Waals surface area contributed by atoms with E-state index in [-0.39, 0.29) is 12.1 Å². The molecular weight excluding hydrogens is 236 g/mol. The number of anilines is 1. The average molecular weight is 255 g/mol. The van der Waals surface area contributed by atoms with Crippen LogP contribution >= 0.6 is 11.6 Å². The fourth-order valence-electron chi connectivity index (χ4n) is 2.54. The van der Waals surface area contributed by atoms with Crippen molar-refractivity contribution in [3.8, 4) is 0 Å². The van der Waals surface area contributed by atoms with E-state index >= 15 is 0 Å². The number of benzene rings is 1. The van der Waals surface area contributed by atoms with Crippen LogP contribution in [0.15, 0.2) is 24.3 Å². The van der Waals surface area contributed by atoms with E-state index in [1.165, 1.54) is 0 Å². The predicted octanol–water partition coefficient (Wildman–Crippen LogP) is 2.21. The van der Waals surface area contributed by atoms with Gasteiger partial charge in [-0.3, -0.25) is 0 Å². The van der Waals surface area contributed by atoms with Crippen LogP contribution in [0, 0.1) is 0 Å². The Hall–Kier alpha value is -0.770. The van der Waals surface area contributed by atoms with Gasteiger partial charge in [-0.1, -0.05) is 17.7 Å². The van der Waals surface area contributed by atoms with Crippen LogP contribution in [-0.2, 0) is 0 Å². The van der Waals surface area contributed by atoms with E-state index < -0.39 is 0 Å². The van der Waals surface area contributed by atoms with Gasteiger partial charge in [0.05, 0.1) is 12.1 Å². The monoisotopic (exact) mass is 254 g/mol. The van der Waals surface area contributed by atoms with Gasteiger partial charge in [-0.15, -0.1) is 0 Å². The number of nitrogens with one attached hydrogen (secondary N) is 1. The van der Waals surface area contributed by atoms with Crippen LogP contribution in [0.3, 0.4) is 0 Å². The van der Waals surface area contributed by atoms with E-state index in [9.17, 15) is 5.11 Å². The van der Waals surface area contributed by atoms with Crippen molar-refractivity contribution in [2.24, 2.45) is 0 Å². The van der Waals surface area contributed by atoms with Gasteiger partial charge < -0.3 is 15.3 Å². The third kappa shape index (κ3) is 2.73. The van der Waals surface area contributed by atoms with Gasteiger partial charge in [-0.05, 0) is 38.6 Å². The van der Waals surface area contributed by atoms with Crippen molar-refractivity contribution in [1.29, 1.82) is 0 Å². The summed E-state index contributed by atoms with van der Waals surface area (Å²) in [6, 6.07) is 8.11. The Balaban J connectivity index is 2.16. The van der Waals surface area contributed by atoms with Crippen LogP contribution in [0.25, 0.3) is 0 Å². The molecule has 0 aliphatic carbocycles. The topological polar surface area (TPSA) is 35.5 Å². The van der Waals surface area contributed by atoms with Gasteiger partial charge in [-0.2, -0.15) is 0 Å². The van der Waals surface area contributed by atoms with Gasteiger partial charge in [0.15, 0.2) is 0 Å². The Bertz CT molecular complexity index is 387. The van der Waals surface area contributed by atoms with Crippen LogP contribution in [0.4, 0.5) is 5.69 Å². The standard InChI is InChI=1S/C13H19ClN2O/c1-10-7-13(9-17,8-16(10)2)15-12-5-3-4-11(14)6-12/h3-6,10,15,17H,7-9H2,1-2H3. The highest BCUT2D eigenvalue weighted by molar-refractivity contribution is 6.30. The number of rotatable bonds is 3. The summed E-state index contributed by atoms with van der Waals surface area (Å²) in [6.45, 7) is 3.16. The zero-order valence-electron chi connectivity index (χ0n) is 10.3. The first kappa shape index (κ1) is 12.7. The lowest BCUT2D eigenvalue weighted by atomic mass is 9.97. The molecule has 2 N–H and O–H groups in total. The number of likely N-dealkylation sites (N-methyl/N-ethyl adjacent to an activating group) is 1. The van der Waals surface area contributed by atoms with Gasteiger partial charge in [0, 0.05) is 23.3 Å². The highest BCUT2D eigenvalue weighted by Crippen LogP contribution is 2.29. The molecule has 2 atom stereocenters. The molecule has 0 saturated carbocycles. The largest absolute Gasteiger partial charge is 0.394 e. The van der Waals surface area contributed by atoms with Crippen LogP contribution in [0.2, 0.25) is 5.02 Å². The van der Waals surface area contributed by atoms with Crippen molar-refractivity contribution in [2.45, 2.75) is 24.9 Å². The fraction of sp³-hybridized carbons (Fsp3) is 0.538. The fourth-order valence-corrected chi connectivity index (χ4v) is 2.73. The van der Waals surface area contributed by atoms with Crippen molar-refractivity contribution in [3.63, 3.8) is 0 Å². The molecule has 3 nitrogen and oxygen atoms in total. The minimum atomic E-state index is -0.251.